The lowest BCUT2D eigenvalue weighted by Gasteiger charge is -2.34. The SMILES string of the molecule is COc1ccc(N2C(=O)C(c3ccc([N+](=O)[O-])cc3)=C(N3CCCC(CO)C3)C2=O)cc1. The van der Waals surface area contributed by atoms with Crippen molar-refractivity contribution in [2.45, 2.75) is 12.8 Å². The molecule has 2 amide bonds. The molecule has 2 aliphatic rings. The second kappa shape index (κ2) is 8.80. The van der Waals surface area contributed by atoms with Crippen molar-refractivity contribution in [3.05, 3.63) is 69.9 Å². The number of rotatable bonds is 6. The van der Waals surface area contributed by atoms with Gasteiger partial charge in [-0.05, 0) is 60.7 Å². The minimum absolute atomic E-state index is 0.000968. The Morgan fingerprint density at radius 2 is 1.78 bits per heavy atom. The number of aliphatic hydroxyl groups is 1. The van der Waals surface area contributed by atoms with Crippen LogP contribution >= 0.6 is 0 Å². The predicted octanol–water partition coefficient (Wildman–Crippen LogP) is 2.59. The molecular weight excluding hydrogens is 414 g/mol. The zero-order valence-corrected chi connectivity index (χ0v) is 17.6. The highest BCUT2D eigenvalue weighted by atomic mass is 16.6. The molecule has 2 aromatic carbocycles. The van der Waals surface area contributed by atoms with E-state index in [1.54, 1.807) is 24.3 Å². The van der Waals surface area contributed by atoms with E-state index >= 15 is 0 Å². The van der Waals surface area contributed by atoms with Gasteiger partial charge in [0.1, 0.15) is 11.4 Å². The Morgan fingerprint density at radius 1 is 1.09 bits per heavy atom. The van der Waals surface area contributed by atoms with Crippen LogP contribution in [0.15, 0.2) is 54.2 Å². The maximum atomic E-state index is 13.5. The number of imide groups is 1. The summed E-state index contributed by atoms with van der Waals surface area (Å²) in [5, 5.41) is 20.7. The number of likely N-dealkylation sites (tertiary alicyclic amines) is 1. The molecule has 0 saturated carbocycles. The van der Waals surface area contributed by atoms with Crippen LogP contribution in [0, 0.1) is 16.0 Å². The molecule has 9 heteroatoms. The Balaban J connectivity index is 1.79. The summed E-state index contributed by atoms with van der Waals surface area (Å²) in [6.45, 7) is 1.04. The molecule has 4 rings (SSSR count). The second-order valence-corrected chi connectivity index (χ2v) is 7.81. The van der Waals surface area contributed by atoms with Crippen LogP contribution in [0.2, 0.25) is 0 Å². The Bertz CT molecular complexity index is 1080. The molecule has 0 aromatic heterocycles. The summed E-state index contributed by atoms with van der Waals surface area (Å²) in [5.41, 5.74) is 1.21. The molecule has 1 unspecified atom stereocenters. The van der Waals surface area contributed by atoms with E-state index < -0.39 is 16.7 Å². The van der Waals surface area contributed by atoms with Gasteiger partial charge in [-0.25, -0.2) is 4.90 Å². The van der Waals surface area contributed by atoms with E-state index in [1.165, 1.54) is 31.4 Å². The van der Waals surface area contributed by atoms with E-state index in [9.17, 15) is 24.8 Å². The summed E-state index contributed by atoms with van der Waals surface area (Å²) >= 11 is 0. The second-order valence-electron chi connectivity index (χ2n) is 7.81. The molecule has 0 radical (unpaired) electrons. The fourth-order valence-electron chi connectivity index (χ4n) is 4.20. The van der Waals surface area contributed by atoms with E-state index in [2.05, 4.69) is 0 Å². The van der Waals surface area contributed by atoms with Crippen LogP contribution in [-0.4, -0.2) is 53.6 Å². The maximum absolute atomic E-state index is 13.5. The molecule has 1 N–H and O–H groups in total. The number of nitro benzene ring substituents is 1. The molecule has 1 fully saturated rings. The average Bonchev–Trinajstić information content (AvgIpc) is 3.09. The van der Waals surface area contributed by atoms with Crippen molar-refractivity contribution in [2.24, 2.45) is 5.92 Å². The summed E-state index contributed by atoms with van der Waals surface area (Å²) in [6.07, 6.45) is 1.63. The predicted molar refractivity (Wildman–Crippen MR) is 117 cm³/mol. The summed E-state index contributed by atoms with van der Waals surface area (Å²) in [5.74, 6) is -0.340. The van der Waals surface area contributed by atoms with Crippen LogP contribution < -0.4 is 9.64 Å². The Kier molecular flexibility index (Phi) is 5.91. The van der Waals surface area contributed by atoms with Gasteiger partial charge in [0.05, 0.1) is 23.3 Å². The van der Waals surface area contributed by atoms with Gasteiger partial charge in [-0.1, -0.05) is 0 Å². The first-order valence-corrected chi connectivity index (χ1v) is 10.3. The fourth-order valence-corrected chi connectivity index (χ4v) is 4.20. The quantitative estimate of drug-likeness (QED) is 0.420. The zero-order chi connectivity index (χ0) is 22.8. The summed E-state index contributed by atoms with van der Waals surface area (Å²) < 4.78 is 5.16. The van der Waals surface area contributed by atoms with E-state index in [0.29, 0.717) is 30.1 Å². The highest BCUT2D eigenvalue weighted by Crippen LogP contribution is 2.37. The van der Waals surface area contributed by atoms with Gasteiger partial charge in [0.2, 0.25) is 0 Å². The number of amides is 2. The number of carbonyl (C=O) groups is 2. The van der Waals surface area contributed by atoms with E-state index in [1.807, 2.05) is 4.90 Å². The van der Waals surface area contributed by atoms with Crippen molar-refractivity contribution in [1.82, 2.24) is 4.90 Å². The minimum atomic E-state index is -0.513. The topological polar surface area (TPSA) is 113 Å². The first-order chi connectivity index (χ1) is 15.4. The molecule has 1 saturated heterocycles. The average molecular weight is 437 g/mol. The summed E-state index contributed by atoms with van der Waals surface area (Å²) in [6, 6.07) is 12.2. The number of non-ortho nitro benzene ring substituents is 1. The normalized spacial score (nSPS) is 19.0. The standard InChI is InChI=1S/C23H23N3O6/c1-32-19-10-8-17(9-11-19)25-22(28)20(16-4-6-18(7-5-16)26(30)31)21(23(25)29)24-12-2-3-15(13-24)14-27/h4-11,15,27H,2-3,12-14H2,1H3. The Morgan fingerprint density at radius 3 is 2.38 bits per heavy atom. The molecule has 0 bridgehead atoms. The number of ether oxygens (including phenoxy) is 1. The molecule has 2 aromatic rings. The van der Waals surface area contributed by atoms with Gasteiger partial charge in [0.25, 0.3) is 17.5 Å². The molecule has 0 spiro atoms. The number of carbonyl (C=O) groups excluding carboxylic acids is 2. The maximum Gasteiger partial charge on any atom is 0.282 e. The number of hydrogen-bond acceptors (Lipinski definition) is 7. The number of nitrogens with zero attached hydrogens (tertiary/aromatic N) is 3. The number of aliphatic hydroxyl groups excluding tert-OH is 1. The van der Waals surface area contributed by atoms with Crippen molar-refractivity contribution >= 4 is 28.8 Å². The van der Waals surface area contributed by atoms with Crippen LogP contribution in [0.5, 0.6) is 5.75 Å². The number of hydrogen-bond donors (Lipinski definition) is 1. The molecule has 32 heavy (non-hydrogen) atoms. The molecule has 9 nitrogen and oxygen atoms in total. The van der Waals surface area contributed by atoms with Gasteiger partial charge in [-0.3, -0.25) is 19.7 Å². The van der Waals surface area contributed by atoms with Crippen LogP contribution in [0.4, 0.5) is 11.4 Å². The summed E-state index contributed by atoms with van der Waals surface area (Å²) in [4.78, 5) is 40.5. The number of anilines is 1. The Hall–Kier alpha value is -3.72. The van der Waals surface area contributed by atoms with Gasteiger partial charge in [-0.15, -0.1) is 0 Å². The third-order valence-electron chi connectivity index (χ3n) is 5.85. The Labute approximate surface area is 184 Å². The largest absolute Gasteiger partial charge is 0.497 e. The van der Waals surface area contributed by atoms with Crippen LogP contribution in [-0.2, 0) is 9.59 Å². The van der Waals surface area contributed by atoms with Crippen molar-refractivity contribution in [3.63, 3.8) is 0 Å². The lowest BCUT2D eigenvalue weighted by Crippen LogP contribution is -2.40. The van der Waals surface area contributed by atoms with Gasteiger partial charge in [-0.2, -0.15) is 0 Å². The fraction of sp³-hybridized carbons (Fsp3) is 0.304. The molecule has 2 heterocycles. The lowest BCUT2D eigenvalue weighted by molar-refractivity contribution is -0.384. The van der Waals surface area contributed by atoms with Crippen molar-refractivity contribution < 1.29 is 24.4 Å². The molecule has 1 atom stereocenters. The van der Waals surface area contributed by atoms with Crippen molar-refractivity contribution in [2.75, 3.05) is 31.7 Å². The summed E-state index contributed by atoms with van der Waals surface area (Å²) in [7, 11) is 1.53. The van der Waals surface area contributed by atoms with Gasteiger partial charge in [0.15, 0.2) is 0 Å². The first-order valence-electron chi connectivity index (χ1n) is 10.3. The van der Waals surface area contributed by atoms with Gasteiger partial charge in [0, 0.05) is 31.8 Å². The third-order valence-corrected chi connectivity index (χ3v) is 5.85. The van der Waals surface area contributed by atoms with Crippen molar-refractivity contribution in [1.29, 1.82) is 0 Å². The van der Waals surface area contributed by atoms with Crippen LogP contribution in [0.1, 0.15) is 18.4 Å². The zero-order valence-electron chi connectivity index (χ0n) is 17.6. The van der Waals surface area contributed by atoms with Gasteiger partial charge < -0.3 is 14.7 Å². The van der Waals surface area contributed by atoms with Crippen LogP contribution in [0.25, 0.3) is 5.57 Å². The number of methoxy groups -OCH3 is 1. The lowest BCUT2D eigenvalue weighted by atomic mass is 9.97. The van der Waals surface area contributed by atoms with E-state index in [0.717, 1.165) is 17.7 Å². The van der Waals surface area contributed by atoms with E-state index in [-0.39, 0.29) is 29.5 Å². The molecular formula is C23H23N3O6. The third kappa shape index (κ3) is 3.82. The molecule has 2 aliphatic heterocycles. The number of benzene rings is 2. The van der Waals surface area contributed by atoms with Crippen LogP contribution in [0.3, 0.4) is 0 Å². The number of piperidine rings is 1. The molecule has 0 aliphatic carbocycles. The van der Waals surface area contributed by atoms with Crippen molar-refractivity contribution in [3.8, 4) is 5.75 Å². The first kappa shape index (κ1) is 21.5. The highest BCUT2D eigenvalue weighted by molar-refractivity contribution is 6.45. The highest BCUT2D eigenvalue weighted by Gasteiger charge is 2.43. The molecule has 166 valence electrons. The smallest absolute Gasteiger partial charge is 0.282 e. The van der Waals surface area contributed by atoms with E-state index in [4.69, 9.17) is 4.74 Å². The van der Waals surface area contributed by atoms with Gasteiger partial charge >= 0.3 is 0 Å². The monoisotopic (exact) mass is 437 g/mol. The number of nitro groups is 1. The minimum Gasteiger partial charge on any atom is -0.497 e.